The number of aryl methyl sites for hydroxylation is 2. The summed E-state index contributed by atoms with van der Waals surface area (Å²) in [4.78, 5) is 21.3. The van der Waals surface area contributed by atoms with Crippen LogP contribution in [-0.4, -0.2) is 32.1 Å². The quantitative estimate of drug-likeness (QED) is 0.636. The molecule has 1 aromatic rings. The third-order valence-electron chi connectivity index (χ3n) is 2.82. The molecule has 0 radical (unpaired) electrons. The van der Waals surface area contributed by atoms with E-state index in [1.807, 2.05) is 0 Å². The number of carbonyl (C=O) groups is 1. The molecule has 6 nitrogen and oxygen atoms in total. The van der Waals surface area contributed by atoms with Crippen LogP contribution in [0, 0.1) is 24.0 Å². The van der Waals surface area contributed by atoms with Crippen molar-refractivity contribution in [3.8, 4) is 0 Å². The third kappa shape index (κ3) is 4.03. The van der Waals surface area contributed by atoms with Gasteiger partial charge in [0.05, 0.1) is 16.6 Å². The van der Waals surface area contributed by atoms with Gasteiger partial charge in [0, 0.05) is 18.7 Å². The first-order valence-corrected chi connectivity index (χ1v) is 6.97. The predicted octanol–water partition coefficient (Wildman–Crippen LogP) is 1.89. The first kappa shape index (κ1) is 16.6. The third-order valence-corrected chi connectivity index (χ3v) is 3.74. The summed E-state index contributed by atoms with van der Waals surface area (Å²) in [6.07, 6.45) is -2.65. The zero-order valence-corrected chi connectivity index (χ0v) is 12.3. The van der Waals surface area contributed by atoms with E-state index >= 15 is 0 Å². The average Bonchev–Trinajstić information content (AvgIpc) is 2.34. The number of hydrogen-bond donors (Lipinski definition) is 2. The molecular formula is C13H17NO5S. The van der Waals surface area contributed by atoms with Crippen LogP contribution < -0.4 is 0 Å². The van der Waals surface area contributed by atoms with Gasteiger partial charge in [-0.3, -0.25) is 14.9 Å². The Balaban J connectivity index is 3.11. The van der Waals surface area contributed by atoms with Crippen LogP contribution in [0.15, 0.2) is 12.1 Å². The molecule has 20 heavy (non-hydrogen) atoms. The van der Waals surface area contributed by atoms with Crippen molar-refractivity contribution in [3.05, 3.63) is 38.9 Å². The molecule has 2 N–H and O–H groups in total. The molecular weight excluding hydrogens is 282 g/mol. The fourth-order valence-corrected chi connectivity index (χ4v) is 2.57. The number of nitro benzene ring substituents is 1. The number of carbonyl (C=O) groups excluding carboxylic acids is 1. The lowest BCUT2D eigenvalue weighted by molar-refractivity contribution is -0.386. The topological polar surface area (TPSA) is 101 Å². The molecule has 2 unspecified atom stereocenters. The van der Waals surface area contributed by atoms with E-state index in [2.05, 4.69) is 0 Å². The summed E-state index contributed by atoms with van der Waals surface area (Å²) in [6, 6.07) is 3.06. The van der Waals surface area contributed by atoms with Gasteiger partial charge in [0.1, 0.15) is 6.10 Å². The van der Waals surface area contributed by atoms with Crippen molar-refractivity contribution < 1.29 is 19.9 Å². The number of nitro groups is 1. The van der Waals surface area contributed by atoms with E-state index in [1.165, 1.54) is 13.0 Å². The first-order valence-electron chi connectivity index (χ1n) is 5.99. The molecule has 0 aliphatic rings. The molecule has 110 valence electrons. The molecule has 0 aliphatic heterocycles. The molecule has 7 heteroatoms. The number of thioether (sulfide) groups is 1. The van der Waals surface area contributed by atoms with E-state index in [9.17, 15) is 25.1 Å². The van der Waals surface area contributed by atoms with Crippen LogP contribution in [0.2, 0.25) is 0 Å². The van der Waals surface area contributed by atoms with Gasteiger partial charge >= 0.3 is 0 Å². The summed E-state index contributed by atoms with van der Waals surface area (Å²) in [6.45, 7) is 4.71. The lowest BCUT2D eigenvalue weighted by Crippen LogP contribution is -2.23. The molecule has 0 aliphatic carbocycles. The second kappa shape index (κ2) is 6.83. The average molecular weight is 299 g/mol. The number of aliphatic hydroxyl groups excluding tert-OH is 2. The fraction of sp³-hybridized carbons (Fsp3) is 0.462. The molecule has 0 amide bonds. The van der Waals surface area contributed by atoms with Gasteiger partial charge in [0.25, 0.3) is 5.69 Å². The van der Waals surface area contributed by atoms with Gasteiger partial charge in [0.15, 0.2) is 5.12 Å². The van der Waals surface area contributed by atoms with Gasteiger partial charge in [-0.15, -0.1) is 0 Å². The van der Waals surface area contributed by atoms with E-state index in [-0.39, 0.29) is 22.1 Å². The van der Waals surface area contributed by atoms with Gasteiger partial charge in [-0.25, -0.2) is 0 Å². The largest absolute Gasteiger partial charge is 0.389 e. The molecule has 1 aromatic carbocycles. The van der Waals surface area contributed by atoms with Crippen molar-refractivity contribution >= 4 is 22.6 Å². The van der Waals surface area contributed by atoms with Crippen molar-refractivity contribution in [2.45, 2.75) is 33.0 Å². The Kier molecular flexibility index (Phi) is 5.67. The highest BCUT2D eigenvalue weighted by Crippen LogP contribution is 2.32. The van der Waals surface area contributed by atoms with E-state index in [1.54, 1.807) is 19.9 Å². The van der Waals surface area contributed by atoms with E-state index < -0.39 is 17.1 Å². The highest BCUT2D eigenvalue weighted by molar-refractivity contribution is 8.13. The molecule has 0 spiro atoms. The maximum absolute atomic E-state index is 11.1. The summed E-state index contributed by atoms with van der Waals surface area (Å²) >= 11 is 0.867. The molecule has 0 aromatic heterocycles. The minimum Gasteiger partial charge on any atom is -0.389 e. The zero-order chi connectivity index (χ0) is 15.4. The summed E-state index contributed by atoms with van der Waals surface area (Å²) in [5.41, 5.74) is 1.12. The summed E-state index contributed by atoms with van der Waals surface area (Å²) in [5, 5.41) is 30.9. The Morgan fingerprint density at radius 2 is 2.00 bits per heavy atom. The molecule has 1 rings (SSSR count). The highest BCUT2D eigenvalue weighted by atomic mass is 32.2. The Hall–Kier alpha value is -1.44. The SMILES string of the molecule is CC(=O)SCC(O)C(O)c1c(C)cc(C)cc1[N+](=O)[O-]. The molecule has 0 heterocycles. The first-order chi connectivity index (χ1) is 9.23. The summed E-state index contributed by atoms with van der Waals surface area (Å²) < 4.78 is 0. The van der Waals surface area contributed by atoms with Crippen molar-refractivity contribution in [3.63, 3.8) is 0 Å². The fourth-order valence-electron chi connectivity index (χ4n) is 1.98. The van der Waals surface area contributed by atoms with Crippen molar-refractivity contribution in [2.24, 2.45) is 0 Å². The van der Waals surface area contributed by atoms with Crippen molar-refractivity contribution in [1.29, 1.82) is 0 Å². The van der Waals surface area contributed by atoms with Gasteiger partial charge in [-0.1, -0.05) is 17.8 Å². The Morgan fingerprint density at radius 1 is 1.40 bits per heavy atom. The number of benzene rings is 1. The second-order valence-corrected chi connectivity index (χ2v) is 5.78. The summed E-state index contributed by atoms with van der Waals surface area (Å²) in [5.74, 6) is -0.0129. The van der Waals surface area contributed by atoms with Crippen LogP contribution in [0.5, 0.6) is 0 Å². The number of rotatable bonds is 5. The minimum absolute atomic E-state index is 0.0129. The van der Waals surface area contributed by atoms with Gasteiger partial charge in [0.2, 0.25) is 0 Å². The molecule has 2 atom stereocenters. The standard InChI is InChI=1S/C13H17NO5S/c1-7-4-8(2)12(10(5-7)14(18)19)13(17)11(16)6-20-9(3)15/h4-5,11,13,16-17H,6H2,1-3H3. The molecule has 0 bridgehead atoms. The van der Waals surface area contributed by atoms with Gasteiger partial charge in [-0.05, 0) is 25.0 Å². The smallest absolute Gasteiger partial charge is 0.275 e. The van der Waals surface area contributed by atoms with E-state index in [0.717, 1.165) is 11.8 Å². The summed E-state index contributed by atoms with van der Waals surface area (Å²) in [7, 11) is 0. The Labute approximate surface area is 121 Å². The van der Waals surface area contributed by atoms with Crippen molar-refractivity contribution in [2.75, 3.05) is 5.75 Å². The van der Waals surface area contributed by atoms with Crippen molar-refractivity contribution in [1.82, 2.24) is 0 Å². The second-order valence-electron chi connectivity index (χ2n) is 4.59. The Bertz CT molecular complexity index is 532. The maximum Gasteiger partial charge on any atom is 0.275 e. The zero-order valence-electron chi connectivity index (χ0n) is 11.5. The lowest BCUT2D eigenvalue weighted by Gasteiger charge is -2.19. The monoisotopic (exact) mass is 299 g/mol. The number of hydrogen-bond acceptors (Lipinski definition) is 6. The van der Waals surface area contributed by atoms with Crippen LogP contribution in [0.25, 0.3) is 0 Å². The Morgan fingerprint density at radius 3 is 2.50 bits per heavy atom. The van der Waals surface area contributed by atoms with Gasteiger partial charge in [-0.2, -0.15) is 0 Å². The lowest BCUT2D eigenvalue weighted by atomic mass is 9.96. The van der Waals surface area contributed by atoms with Crippen LogP contribution in [0.4, 0.5) is 5.69 Å². The van der Waals surface area contributed by atoms with Crippen LogP contribution in [0.1, 0.15) is 29.7 Å². The van der Waals surface area contributed by atoms with Gasteiger partial charge < -0.3 is 10.2 Å². The molecule has 0 saturated carbocycles. The van der Waals surface area contributed by atoms with Crippen LogP contribution >= 0.6 is 11.8 Å². The predicted molar refractivity (Wildman–Crippen MR) is 76.7 cm³/mol. The molecule has 0 fully saturated rings. The number of nitrogens with zero attached hydrogens (tertiary/aromatic N) is 1. The minimum atomic E-state index is -1.40. The number of aliphatic hydroxyl groups is 2. The normalized spacial score (nSPS) is 13.8. The highest BCUT2D eigenvalue weighted by Gasteiger charge is 2.28. The van der Waals surface area contributed by atoms with E-state index in [4.69, 9.17) is 0 Å². The van der Waals surface area contributed by atoms with E-state index in [0.29, 0.717) is 11.1 Å². The molecule has 0 saturated heterocycles. The van der Waals surface area contributed by atoms with Crippen LogP contribution in [-0.2, 0) is 4.79 Å². The maximum atomic E-state index is 11.1. The van der Waals surface area contributed by atoms with Crippen LogP contribution in [0.3, 0.4) is 0 Å².